The van der Waals surface area contributed by atoms with Crippen molar-refractivity contribution in [2.45, 2.75) is 70.9 Å². The average Bonchev–Trinajstić information content (AvgIpc) is 3.36. The fourth-order valence-electron chi connectivity index (χ4n) is 3.24. The number of aromatic nitrogens is 3. The second kappa shape index (κ2) is 9.18. The third-order valence-corrected chi connectivity index (χ3v) is 5.83. The van der Waals surface area contributed by atoms with Gasteiger partial charge >= 0.3 is 6.09 Å². The number of aryl methyl sites for hydroxylation is 1. The zero-order valence-electron chi connectivity index (χ0n) is 16.4. The van der Waals surface area contributed by atoms with E-state index < -0.39 is 0 Å². The summed E-state index contributed by atoms with van der Waals surface area (Å²) in [6, 6.07) is 1.97. The molecule has 0 unspecified atom stereocenters. The van der Waals surface area contributed by atoms with E-state index in [2.05, 4.69) is 25.8 Å². The van der Waals surface area contributed by atoms with E-state index >= 15 is 0 Å². The minimum atomic E-state index is -0.352. The van der Waals surface area contributed by atoms with Crippen molar-refractivity contribution in [2.75, 3.05) is 5.32 Å². The van der Waals surface area contributed by atoms with Crippen LogP contribution in [0.4, 0.5) is 10.6 Å². The third-order valence-electron chi connectivity index (χ3n) is 4.92. The van der Waals surface area contributed by atoms with E-state index in [0.29, 0.717) is 5.82 Å². The number of hydrogen-bond acceptors (Lipinski definition) is 6. The number of aromatic amines is 1. The lowest BCUT2D eigenvalue weighted by Gasteiger charge is -2.16. The topological polar surface area (TPSA) is 109 Å². The van der Waals surface area contributed by atoms with Gasteiger partial charge in [0.05, 0.1) is 6.42 Å². The number of carbonyl (C=O) groups is 2. The van der Waals surface area contributed by atoms with Crippen molar-refractivity contribution < 1.29 is 14.3 Å². The molecule has 1 aliphatic rings. The predicted molar refractivity (Wildman–Crippen MR) is 108 cm³/mol. The maximum absolute atomic E-state index is 12.1. The molecular weight excluding hydrogens is 378 g/mol. The Kier molecular flexibility index (Phi) is 6.66. The number of rotatable bonds is 7. The van der Waals surface area contributed by atoms with E-state index in [-0.39, 0.29) is 36.5 Å². The molecule has 0 aromatic carbocycles. The molecule has 3 N–H and O–H groups in total. The van der Waals surface area contributed by atoms with Crippen LogP contribution in [0, 0.1) is 6.92 Å². The molecule has 3 rings (SSSR count). The molecule has 1 fully saturated rings. The highest BCUT2D eigenvalue weighted by Crippen LogP contribution is 2.35. The minimum Gasteiger partial charge on any atom is -0.446 e. The van der Waals surface area contributed by atoms with Gasteiger partial charge in [-0.2, -0.15) is 5.10 Å². The minimum absolute atomic E-state index is 0.0939. The highest BCUT2D eigenvalue weighted by atomic mass is 32.1. The van der Waals surface area contributed by atoms with Gasteiger partial charge < -0.3 is 15.4 Å². The van der Waals surface area contributed by atoms with E-state index in [1.807, 2.05) is 26.8 Å². The Morgan fingerprint density at radius 3 is 2.96 bits per heavy atom. The summed E-state index contributed by atoms with van der Waals surface area (Å²) in [5.74, 6) is 0.607. The van der Waals surface area contributed by atoms with E-state index in [1.54, 1.807) is 6.20 Å². The molecule has 0 aliphatic heterocycles. The molecule has 0 radical (unpaired) electrons. The molecule has 28 heavy (non-hydrogen) atoms. The van der Waals surface area contributed by atoms with Crippen molar-refractivity contribution in [3.63, 3.8) is 0 Å². The number of alkyl carbamates (subject to hydrolysis) is 1. The maximum Gasteiger partial charge on any atom is 0.407 e. The van der Waals surface area contributed by atoms with Gasteiger partial charge in [0.2, 0.25) is 5.91 Å². The number of nitrogens with zero attached hydrogens (tertiary/aromatic N) is 2. The fraction of sp³-hybridized carbons (Fsp3) is 0.579. The van der Waals surface area contributed by atoms with Crippen LogP contribution in [0.15, 0.2) is 12.3 Å². The number of ether oxygens (including phenoxy) is 1. The van der Waals surface area contributed by atoms with E-state index in [9.17, 15) is 9.59 Å². The monoisotopic (exact) mass is 405 g/mol. The van der Waals surface area contributed by atoms with Crippen LogP contribution < -0.4 is 10.6 Å². The zero-order valence-corrected chi connectivity index (χ0v) is 17.3. The van der Waals surface area contributed by atoms with Gasteiger partial charge in [-0.15, -0.1) is 11.3 Å². The van der Waals surface area contributed by atoms with E-state index in [1.165, 1.54) is 11.3 Å². The zero-order chi connectivity index (χ0) is 20.1. The molecule has 2 heterocycles. The van der Waals surface area contributed by atoms with Crippen molar-refractivity contribution in [2.24, 2.45) is 0 Å². The fourth-order valence-corrected chi connectivity index (χ4v) is 4.02. The molecule has 8 nitrogen and oxygen atoms in total. The lowest BCUT2D eigenvalue weighted by Crippen LogP contribution is -2.34. The van der Waals surface area contributed by atoms with Crippen LogP contribution in [0.2, 0.25) is 0 Å². The normalized spacial score (nSPS) is 20.0. The lowest BCUT2D eigenvalue weighted by molar-refractivity contribution is -0.115. The molecule has 152 valence electrons. The van der Waals surface area contributed by atoms with Crippen molar-refractivity contribution in [3.05, 3.63) is 27.8 Å². The van der Waals surface area contributed by atoms with E-state index in [0.717, 1.165) is 41.3 Å². The second-order valence-corrected chi connectivity index (χ2v) is 8.61. The molecule has 9 heteroatoms. The largest absolute Gasteiger partial charge is 0.446 e. The standard InChI is InChI=1S/C19H27N5O3S/c1-4-11(2)21-19(26)27-14-6-5-13(7-14)15-8-16(24-23-15)22-17(25)9-18-20-10-12(3)28-18/h8,10-11,13-14H,4-7,9H2,1-3H3,(H,21,26)(H2,22,23,24,25)/t11-,13-,14+/m0/s1. The number of H-pyrrole nitrogens is 1. The van der Waals surface area contributed by atoms with Crippen molar-refractivity contribution >= 4 is 29.2 Å². The van der Waals surface area contributed by atoms with Gasteiger partial charge in [-0.1, -0.05) is 6.92 Å². The number of nitrogens with one attached hydrogen (secondary N) is 3. The molecule has 2 aromatic rings. The number of carbonyl (C=O) groups excluding carboxylic acids is 2. The van der Waals surface area contributed by atoms with Crippen LogP contribution in [-0.4, -0.2) is 39.3 Å². The molecular formula is C19H27N5O3S. The highest BCUT2D eigenvalue weighted by molar-refractivity contribution is 7.11. The summed E-state index contributed by atoms with van der Waals surface area (Å²) < 4.78 is 5.52. The first kappa shape index (κ1) is 20.3. The molecule has 1 saturated carbocycles. The first-order valence-electron chi connectivity index (χ1n) is 9.66. The number of anilines is 1. The van der Waals surface area contributed by atoms with Gasteiger partial charge in [-0.3, -0.25) is 9.89 Å². The van der Waals surface area contributed by atoms with Gasteiger partial charge in [0.1, 0.15) is 11.1 Å². The molecule has 1 aliphatic carbocycles. The summed E-state index contributed by atoms with van der Waals surface area (Å²) in [5, 5.41) is 13.6. The van der Waals surface area contributed by atoms with Gasteiger partial charge in [0.15, 0.2) is 5.82 Å². The van der Waals surface area contributed by atoms with Crippen molar-refractivity contribution in [3.8, 4) is 0 Å². The van der Waals surface area contributed by atoms with Gasteiger partial charge in [0.25, 0.3) is 0 Å². The summed E-state index contributed by atoms with van der Waals surface area (Å²) >= 11 is 1.52. The van der Waals surface area contributed by atoms with Crippen LogP contribution in [0.1, 0.15) is 61.0 Å². The highest BCUT2D eigenvalue weighted by Gasteiger charge is 2.30. The molecule has 3 atom stereocenters. The average molecular weight is 406 g/mol. The van der Waals surface area contributed by atoms with Crippen molar-refractivity contribution in [1.29, 1.82) is 0 Å². The summed E-state index contributed by atoms with van der Waals surface area (Å²) in [7, 11) is 0. The summed E-state index contributed by atoms with van der Waals surface area (Å²) in [6.45, 7) is 5.93. The lowest BCUT2D eigenvalue weighted by atomic mass is 10.0. The van der Waals surface area contributed by atoms with Gasteiger partial charge in [-0.25, -0.2) is 9.78 Å². The Morgan fingerprint density at radius 1 is 1.43 bits per heavy atom. The summed E-state index contributed by atoms with van der Waals surface area (Å²) in [4.78, 5) is 29.3. The van der Waals surface area contributed by atoms with Gasteiger partial charge in [-0.05, 0) is 39.5 Å². The van der Waals surface area contributed by atoms with Gasteiger partial charge in [0, 0.05) is 34.8 Å². The molecule has 0 spiro atoms. The second-order valence-electron chi connectivity index (χ2n) is 7.29. The number of amides is 2. The summed E-state index contributed by atoms with van der Waals surface area (Å²) in [5.41, 5.74) is 0.953. The summed E-state index contributed by atoms with van der Waals surface area (Å²) in [6.07, 6.45) is 4.92. The van der Waals surface area contributed by atoms with Crippen LogP contribution in [-0.2, 0) is 16.0 Å². The molecule has 0 bridgehead atoms. The van der Waals surface area contributed by atoms with Crippen molar-refractivity contribution in [1.82, 2.24) is 20.5 Å². The Balaban J connectivity index is 1.47. The van der Waals surface area contributed by atoms with Crippen LogP contribution >= 0.6 is 11.3 Å². The Hall–Kier alpha value is -2.42. The van der Waals surface area contributed by atoms with Crippen LogP contribution in [0.3, 0.4) is 0 Å². The quantitative estimate of drug-likeness (QED) is 0.653. The Morgan fingerprint density at radius 2 is 2.25 bits per heavy atom. The maximum atomic E-state index is 12.1. The smallest absolute Gasteiger partial charge is 0.407 e. The first-order chi connectivity index (χ1) is 13.4. The molecule has 2 amide bonds. The molecule has 0 saturated heterocycles. The molecule has 2 aromatic heterocycles. The Bertz CT molecular complexity index is 818. The predicted octanol–water partition coefficient (Wildman–Crippen LogP) is 3.52. The number of thiazole rings is 1. The Labute approximate surface area is 168 Å². The first-order valence-corrected chi connectivity index (χ1v) is 10.5. The number of hydrogen-bond donors (Lipinski definition) is 3. The van der Waals surface area contributed by atoms with Crippen LogP contribution in [0.5, 0.6) is 0 Å². The third kappa shape index (κ3) is 5.54. The van der Waals surface area contributed by atoms with E-state index in [4.69, 9.17) is 4.74 Å². The SMILES string of the molecule is CC[C@H](C)NC(=O)O[C@@H]1CC[C@H](c2cc(NC(=O)Cc3ncc(C)s3)n[nH]2)C1. The van der Waals surface area contributed by atoms with Crippen LogP contribution in [0.25, 0.3) is 0 Å².